The van der Waals surface area contributed by atoms with Crippen LogP contribution in [0.25, 0.3) is 0 Å². The van der Waals surface area contributed by atoms with E-state index < -0.39 is 0 Å². The van der Waals surface area contributed by atoms with Gasteiger partial charge in [0, 0.05) is 18.0 Å². The van der Waals surface area contributed by atoms with Gasteiger partial charge in [0.15, 0.2) is 0 Å². The first-order valence-electron chi connectivity index (χ1n) is 7.44. The molecule has 1 atom stereocenters. The third-order valence-electron chi connectivity index (χ3n) is 4.52. The number of hydrogen-bond acceptors (Lipinski definition) is 1. The van der Waals surface area contributed by atoms with Crippen molar-refractivity contribution in [2.75, 3.05) is 5.32 Å². The Hall–Kier alpha value is -2.09. The van der Waals surface area contributed by atoms with E-state index in [4.69, 9.17) is 0 Å². The van der Waals surface area contributed by atoms with E-state index in [2.05, 4.69) is 63.3 Å². The molecule has 3 rings (SSSR count). The predicted octanol–water partition coefficient (Wildman–Crippen LogP) is 4.39. The summed E-state index contributed by atoms with van der Waals surface area (Å²) in [6.45, 7) is 8.45. The summed E-state index contributed by atoms with van der Waals surface area (Å²) in [6.07, 6.45) is 0.528. The zero-order valence-corrected chi connectivity index (χ0v) is 13.1. The van der Waals surface area contributed by atoms with Crippen LogP contribution in [0.2, 0.25) is 0 Å². The van der Waals surface area contributed by atoms with E-state index in [0.717, 1.165) is 5.69 Å². The third-order valence-corrected chi connectivity index (χ3v) is 4.52. The fourth-order valence-corrected chi connectivity index (χ4v) is 3.14. The van der Waals surface area contributed by atoms with Gasteiger partial charge in [0.05, 0.1) is 0 Å². The van der Waals surface area contributed by atoms with E-state index in [9.17, 15) is 4.79 Å². The molecule has 0 aromatic heterocycles. The number of nitrogens with one attached hydrogen (secondary N) is 1. The highest BCUT2D eigenvalue weighted by atomic mass is 16.1. The molecular weight excluding hydrogens is 258 g/mol. The number of carbonyl (C=O) groups is 1. The maximum absolute atomic E-state index is 12.1. The number of aryl methyl sites for hydroxylation is 4. The van der Waals surface area contributed by atoms with Crippen molar-refractivity contribution < 1.29 is 4.79 Å². The van der Waals surface area contributed by atoms with E-state index in [1.807, 2.05) is 0 Å². The molecule has 2 aromatic rings. The molecule has 0 bridgehead atoms. The number of anilines is 1. The minimum absolute atomic E-state index is 0.108. The highest BCUT2D eigenvalue weighted by Gasteiger charge is 2.28. The Morgan fingerprint density at radius 1 is 0.905 bits per heavy atom. The molecule has 0 spiro atoms. The van der Waals surface area contributed by atoms with Crippen molar-refractivity contribution in [1.82, 2.24) is 0 Å². The molecule has 1 aliphatic heterocycles. The average Bonchev–Trinajstić information content (AvgIpc) is 2.43. The van der Waals surface area contributed by atoms with E-state index >= 15 is 0 Å². The molecule has 0 aliphatic carbocycles. The minimum atomic E-state index is 0.108. The van der Waals surface area contributed by atoms with E-state index in [-0.39, 0.29) is 11.8 Å². The molecule has 21 heavy (non-hydrogen) atoms. The van der Waals surface area contributed by atoms with Gasteiger partial charge in [-0.25, -0.2) is 0 Å². The Morgan fingerprint density at radius 2 is 1.62 bits per heavy atom. The van der Waals surface area contributed by atoms with Crippen LogP contribution >= 0.6 is 0 Å². The molecular formula is C19H21NO. The second kappa shape index (κ2) is 5.03. The highest BCUT2D eigenvalue weighted by molar-refractivity contribution is 5.95. The van der Waals surface area contributed by atoms with Crippen LogP contribution in [-0.4, -0.2) is 5.91 Å². The van der Waals surface area contributed by atoms with Gasteiger partial charge in [-0.2, -0.15) is 0 Å². The van der Waals surface area contributed by atoms with Crippen LogP contribution in [0.3, 0.4) is 0 Å². The lowest BCUT2D eigenvalue weighted by molar-refractivity contribution is -0.116. The molecule has 2 nitrogen and oxygen atoms in total. The molecule has 1 aliphatic rings. The van der Waals surface area contributed by atoms with Gasteiger partial charge in [-0.15, -0.1) is 0 Å². The third kappa shape index (κ3) is 2.46. The summed E-state index contributed by atoms with van der Waals surface area (Å²) in [4.78, 5) is 12.1. The Bertz CT molecular complexity index is 731. The van der Waals surface area contributed by atoms with Crippen molar-refractivity contribution in [1.29, 1.82) is 0 Å². The van der Waals surface area contributed by atoms with Crippen molar-refractivity contribution in [2.24, 2.45) is 0 Å². The van der Waals surface area contributed by atoms with E-state index in [1.165, 1.54) is 33.4 Å². The zero-order chi connectivity index (χ0) is 15.1. The molecule has 0 fully saturated rings. The van der Waals surface area contributed by atoms with Gasteiger partial charge in [0.25, 0.3) is 0 Å². The normalized spacial score (nSPS) is 17.3. The summed E-state index contributed by atoms with van der Waals surface area (Å²) in [5.74, 6) is 0.268. The highest BCUT2D eigenvalue weighted by Crippen LogP contribution is 2.39. The number of fused-ring (bicyclic) bond motifs is 1. The van der Waals surface area contributed by atoms with Crippen LogP contribution in [0, 0.1) is 27.7 Å². The number of rotatable bonds is 1. The largest absolute Gasteiger partial charge is 0.326 e. The Balaban J connectivity index is 2.19. The summed E-state index contributed by atoms with van der Waals surface area (Å²) >= 11 is 0. The Kier molecular flexibility index (Phi) is 3.32. The Labute approximate surface area is 126 Å². The summed E-state index contributed by atoms with van der Waals surface area (Å²) in [7, 11) is 0. The van der Waals surface area contributed by atoms with Crippen molar-refractivity contribution in [3.8, 4) is 0 Å². The first kappa shape index (κ1) is 13.9. The van der Waals surface area contributed by atoms with Gasteiger partial charge in [-0.05, 0) is 61.6 Å². The van der Waals surface area contributed by atoms with Gasteiger partial charge < -0.3 is 5.32 Å². The zero-order valence-electron chi connectivity index (χ0n) is 13.1. The fourth-order valence-electron chi connectivity index (χ4n) is 3.14. The maximum Gasteiger partial charge on any atom is 0.225 e. The monoisotopic (exact) mass is 279 g/mol. The summed E-state index contributed by atoms with van der Waals surface area (Å²) in [5, 5.41) is 3.02. The molecule has 0 saturated heterocycles. The number of hydrogen-bond donors (Lipinski definition) is 1. The quantitative estimate of drug-likeness (QED) is 0.824. The number of amides is 1. The Morgan fingerprint density at radius 3 is 2.38 bits per heavy atom. The molecule has 0 radical (unpaired) electrons. The lowest BCUT2D eigenvalue weighted by Crippen LogP contribution is -2.24. The van der Waals surface area contributed by atoms with Gasteiger partial charge in [-0.1, -0.05) is 29.8 Å². The standard InChI is InChI=1S/C19H21NO/c1-11-5-6-12(2)15(7-11)16-10-19(21)20-18-9-14(4)13(3)8-17(16)18/h5-9,16H,10H2,1-4H3,(H,20,21)/t16-/m0/s1. The molecule has 1 amide bonds. The first-order chi connectivity index (χ1) is 9.95. The molecule has 1 heterocycles. The summed E-state index contributed by atoms with van der Waals surface area (Å²) in [6, 6.07) is 10.8. The molecule has 2 aromatic carbocycles. The van der Waals surface area contributed by atoms with Crippen molar-refractivity contribution in [2.45, 2.75) is 40.0 Å². The van der Waals surface area contributed by atoms with Crippen molar-refractivity contribution >= 4 is 11.6 Å². The van der Waals surface area contributed by atoms with Gasteiger partial charge >= 0.3 is 0 Å². The SMILES string of the molecule is Cc1ccc(C)c([C@@H]2CC(=O)Nc3cc(C)c(C)cc32)c1. The van der Waals surface area contributed by atoms with Gasteiger partial charge in [0.1, 0.15) is 0 Å². The second-order valence-corrected chi connectivity index (χ2v) is 6.19. The van der Waals surface area contributed by atoms with Gasteiger partial charge in [-0.3, -0.25) is 4.79 Å². The number of benzene rings is 2. The summed E-state index contributed by atoms with van der Waals surface area (Å²) in [5.41, 5.74) is 8.48. The predicted molar refractivity (Wildman–Crippen MR) is 86.9 cm³/mol. The minimum Gasteiger partial charge on any atom is -0.326 e. The second-order valence-electron chi connectivity index (χ2n) is 6.19. The molecule has 1 N–H and O–H groups in total. The lowest BCUT2D eigenvalue weighted by atomic mass is 9.81. The van der Waals surface area contributed by atoms with Crippen LogP contribution in [0.5, 0.6) is 0 Å². The number of carbonyl (C=O) groups excluding carboxylic acids is 1. The van der Waals surface area contributed by atoms with Crippen LogP contribution < -0.4 is 5.32 Å². The van der Waals surface area contributed by atoms with Crippen LogP contribution in [-0.2, 0) is 4.79 Å². The topological polar surface area (TPSA) is 29.1 Å². The van der Waals surface area contributed by atoms with E-state index in [0.29, 0.717) is 6.42 Å². The molecule has 0 saturated carbocycles. The summed E-state index contributed by atoms with van der Waals surface area (Å²) < 4.78 is 0. The van der Waals surface area contributed by atoms with Crippen LogP contribution in [0.4, 0.5) is 5.69 Å². The lowest BCUT2D eigenvalue weighted by Gasteiger charge is -2.28. The van der Waals surface area contributed by atoms with Crippen LogP contribution in [0.1, 0.15) is 45.7 Å². The first-order valence-corrected chi connectivity index (χ1v) is 7.44. The molecule has 0 unspecified atom stereocenters. The van der Waals surface area contributed by atoms with Crippen LogP contribution in [0.15, 0.2) is 30.3 Å². The molecule has 108 valence electrons. The molecule has 2 heteroatoms. The smallest absolute Gasteiger partial charge is 0.225 e. The maximum atomic E-state index is 12.1. The fraction of sp³-hybridized carbons (Fsp3) is 0.316. The van der Waals surface area contributed by atoms with E-state index in [1.54, 1.807) is 0 Å². The average molecular weight is 279 g/mol. The van der Waals surface area contributed by atoms with Crippen molar-refractivity contribution in [3.05, 3.63) is 63.7 Å². The van der Waals surface area contributed by atoms with Gasteiger partial charge in [0.2, 0.25) is 5.91 Å². The van der Waals surface area contributed by atoms with Crippen molar-refractivity contribution in [3.63, 3.8) is 0 Å².